The van der Waals surface area contributed by atoms with Gasteiger partial charge >= 0.3 is 7.12 Å². The van der Waals surface area contributed by atoms with Crippen LogP contribution in [0.1, 0.15) is 58.4 Å². The Bertz CT molecular complexity index is 1500. The number of ether oxygens (including phenoxy) is 1. The summed E-state index contributed by atoms with van der Waals surface area (Å²) in [6.45, 7) is 2.13. The molecule has 2 aromatic carbocycles. The Balaban J connectivity index is 1.33. The fourth-order valence-electron chi connectivity index (χ4n) is 6.72. The van der Waals surface area contributed by atoms with Gasteiger partial charge in [-0.05, 0) is 79.9 Å². The number of aliphatic hydroxyl groups excluding tert-OH is 1. The molecule has 3 aliphatic rings. The number of para-hydroxylation sites is 1. The first-order valence-electron chi connectivity index (χ1n) is 14.2. The second-order valence-corrected chi connectivity index (χ2v) is 11.2. The second kappa shape index (κ2) is 11.6. The molecule has 41 heavy (non-hydrogen) atoms. The zero-order valence-corrected chi connectivity index (χ0v) is 23.0. The standard InChI is InChI=1S/C33H33BO7/c1-20(15-23-12-13-24(18-35)40-23)11-14-29-30-21(19-39-22-7-3-2-4-8-22)16-27-31(28(30)17-34(38)41-29)33(37)26-10-6-5-9-25(26)32(27)36/h2-10,12-13,15,27-29,31,35,38H,11,14,16-19H2,1H3/b20-15+/t27-,28+,29-,31-/m1/s1. The Morgan fingerprint density at radius 1 is 1.00 bits per heavy atom. The Morgan fingerprint density at radius 2 is 1.73 bits per heavy atom. The highest BCUT2D eigenvalue weighted by molar-refractivity contribution is 6.43. The van der Waals surface area contributed by atoms with Crippen LogP contribution in [0.2, 0.25) is 6.32 Å². The predicted molar refractivity (Wildman–Crippen MR) is 154 cm³/mol. The van der Waals surface area contributed by atoms with Crippen molar-refractivity contribution in [3.8, 4) is 5.75 Å². The van der Waals surface area contributed by atoms with Crippen LogP contribution in [-0.2, 0) is 11.3 Å². The molecule has 1 saturated heterocycles. The predicted octanol–water partition coefficient (Wildman–Crippen LogP) is 5.54. The van der Waals surface area contributed by atoms with Crippen LogP contribution >= 0.6 is 0 Å². The van der Waals surface area contributed by atoms with Gasteiger partial charge in [0.05, 0.1) is 6.10 Å². The van der Waals surface area contributed by atoms with Gasteiger partial charge in [-0.2, -0.15) is 0 Å². The van der Waals surface area contributed by atoms with Gasteiger partial charge in [0.1, 0.15) is 30.5 Å². The minimum Gasteiger partial charge on any atom is -0.489 e. The van der Waals surface area contributed by atoms with Crippen molar-refractivity contribution < 1.29 is 33.5 Å². The summed E-state index contributed by atoms with van der Waals surface area (Å²) in [7, 11) is -1.04. The molecule has 0 bridgehead atoms. The van der Waals surface area contributed by atoms with Crippen LogP contribution < -0.4 is 4.74 Å². The first-order chi connectivity index (χ1) is 19.9. The molecule has 0 radical (unpaired) electrons. The van der Waals surface area contributed by atoms with Gasteiger partial charge in [0, 0.05) is 23.0 Å². The third-order valence-electron chi connectivity index (χ3n) is 8.55. The molecule has 3 aromatic rings. The van der Waals surface area contributed by atoms with Gasteiger partial charge in [-0.3, -0.25) is 9.59 Å². The van der Waals surface area contributed by atoms with E-state index in [9.17, 15) is 19.7 Å². The number of Topliss-reactive ketones (excluding diaryl/α,β-unsaturated/α-hetero) is 2. The van der Waals surface area contributed by atoms with Crippen molar-refractivity contribution in [2.24, 2.45) is 17.8 Å². The molecule has 6 rings (SSSR count). The zero-order valence-electron chi connectivity index (χ0n) is 23.0. The Morgan fingerprint density at radius 3 is 2.46 bits per heavy atom. The third-order valence-corrected chi connectivity index (χ3v) is 8.55. The summed E-state index contributed by atoms with van der Waals surface area (Å²) >= 11 is 0. The summed E-state index contributed by atoms with van der Waals surface area (Å²) < 4.78 is 17.9. The van der Waals surface area contributed by atoms with E-state index in [1.165, 1.54) is 0 Å². The molecular formula is C33H33BO7. The quantitative estimate of drug-likeness (QED) is 0.279. The van der Waals surface area contributed by atoms with Gasteiger partial charge in [-0.1, -0.05) is 48.0 Å². The van der Waals surface area contributed by atoms with Crippen molar-refractivity contribution in [2.45, 2.75) is 45.2 Å². The smallest absolute Gasteiger partial charge is 0.455 e. The summed E-state index contributed by atoms with van der Waals surface area (Å²) in [5.41, 5.74) is 3.97. The number of carbonyl (C=O) groups is 2. The number of fused-ring (bicyclic) bond motifs is 4. The molecule has 2 aliphatic carbocycles. The van der Waals surface area contributed by atoms with Crippen LogP contribution in [-0.4, -0.2) is 41.5 Å². The van der Waals surface area contributed by atoms with Crippen LogP contribution in [0.4, 0.5) is 0 Å². The van der Waals surface area contributed by atoms with Crippen molar-refractivity contribution in [1.82, 2.24) is 0 Å². The van der Waals surface area contributed by atoms with Crippen LogP contribution in [0.3, 0.4) is 0 Å². The molecule has 2 N–H and O–H groups in total. The summed E-state index contributed by atoms with van der Waals surface area (Å²) in [4.78, 5) is 27.6. The average Bonchev–Trinajstić information content (AvgIpc) is 3.45. The maximum atomic E-state index is 13.9. The maximum Gasteiger partial charge on any atom is 0.455 e. The average molecular weight is 552 g/mol. The van der Waals surface area contributed by atoms with Gasteiger partial charge in [0.25, 0.3) is 0 Å². The number of hydrogen-bond acceptors (Lipinski definition) is 7. The van der Waals surface area contributed by atoms with Crippen molar-refractivity contribution >= 4 is 24.8 Å². The molecule has 1 aliphatic heterocycles. The largest absolute Gasteiger partial charge is 0.489 e. The second-order valence-electron chi connectivity index (χ2n) is 11.2. The van der Waals surface area contributed by atoms with Crippen LogP contribution in [0.15, 0.2) is 87.9 Å². The molecule has 0 unspecified atom stereocenters. The molecule has 0 spiro atoms. The number of aliphatic hydroxyl groups is 1. The SMILES string of the molecule is C/C(=C\c1ccc(CO)o1)CC[C@H]1OB(O)C[C@H]2C1=C(COc1ccccc1)C[C@H]1C(=O)c3ccccc3C(=O)[C@H]12. The van der Waals surface area contributed by atoms with Gasteiger partial charge in [-0.15, -0.1) is 0 Å². The van der Waals surface area contributed by atoms with E-state index < -0.39 is 25.1 Å². The van der Waals surface area contributed by atoms with E-state index in [4.69, 9.17) is 13.8 Å². The summed E-state index contributed by atoms with van der Waals surface area (Å²) in [5.74, 6) is 0.500. The van der Waals surface area contributed by atoms with E-state index in [0.29, 0.717) is 41.9 Å². The molecular weight excluding hydrogens is 519 g/mol. The highest BCUT2D eigenvalue weighted by Crippen LogP contribution is 2.51. The normalized spacial score (nSPS) is 24.2. The fraction of sp³-hybridized carbons (Fsp3) is 0.333. The number of ketones is 2. The first kappa shape index (κ1) is 27.5. The number of allylic oxidation sites excluding steroid dienone is 1. The van der Waals surface area contributed by atoms with Crippen molar-refractivity contribution in [3.63, 3.8) is 0 Å². The molecule has 4 atom stereocenters. The molecule has 8 heteroatoms. The van der Waals surface area contributed by atoms with E-state index in [0.717, 1.165) is 22.5 Å². The number of hydrogen-bond donors (Lipinski definition) is 2. The Kier molecular flexibility index (Phi) is 7.80. The topological polar surface area (TPSA) is 106 Å². The zero-order chi connectivity index (χ0) is 28.5. The van der Waals surface area contributed by atoms with Crippen molar-refractivity contribution in [1.29, 1.82) is 0 Å². The van der Waals surface area contributed by atoms with Crippen LogP contribution in [0, 0.1) is 17.8 Å². The van der Waals surface area contributed by atoms with E-state index in [-0.39, 0.29) is 37.0 Å². The van der Waals surface area contributed by atoms with Gasteiger partial charge in [0.15, 0.2) is 11.6 Å². The number of benzene rings is 2. The van der Waals surface area contributed by atoms with Gasteiger partial charge < -0.3 is 23.9 Å². The van der Waals surface area contributed by atoms with E-state index in [1.54, 1.807) is 30.3 Å². The van der Waals surface area contributed by atoms with Crippen molar-refractivity contribution in [3.05, 3.63) is 106 Å². The monoisotopic (exact) mass is 552 g/mol. The molecule has 1 fully saturated rings. The lowest BCUT2D eigenvalue weighted by Gasteiger charge is -2.47. The van der Waals surface area contributed by atoms with Crippen LogP contribution in [0.5, 0.6) is 5.75 Å². The molecule has 2 heterocycles. The number of rotatable bonds is 8. The number of furan rings is 1. The highest BCUT2D eigenvalue weighted by Gasteiger charge is 2.53. The van der Waals surface area contributed by atoms with Crippen molar-refractivity contribution in [2.75, 3.05) is 6.61 Å². The highest BCUT2D eigenvalue weighted by atomic mass is 16.5. The summed E-state index contributed by atoms with van der Waals surface area (Å²) in [6.07, 6.45) is 3.44. The lowest BCUT2D eigenvalue weighted by atomic mass is 9.54. The molecule has 7 nitrogen and oxygen atoms in total. The van der Waals surface area contributed by atoms with E-state index in [1.807, 2.05) is 49.4 Å². The fourth-order valence-corrected chi connectivity index (χ4v) is 6.72. The minimum atomic E-state index is -1.04. The molecule has 0 amide bonds. The molecule has 210 valence electrons. The maximum absolute atomic E-state index is 13.9. The van der Waals surface area contributed by atoms with E-state index >= 15 is 0 Å². The van der Waals surface area contributed by atoms with E-state index in [2.05, 4.69) is 0 Å². The van der Waals surface area contributed by atoms with Gasteiger partial charge in [0.2, 0.25) is 0 Å². The Labute approximate surface area is 239 Å². The summed E-state index contributed by atoms with van der Waals surface area (Å²) in [5, 5.41) is 20.1. The number of carbonyl (C=O) groups excluding carboxylic acids is 2. The lowest BCUT2D eigenvalue weighted by molar-refractivity contribution is 0.0592. The molecule has 1 aromatic heterocycles. The minimum absolute atomic E-state index is 0.0153. The third kappa shape index (κ3) is 5.47. The van der Waals surface area contributed by atoms with Crippen LogP contribution in [0.25, 0.3) is 6.08 Å². The lowest BCUT2D eigenvalue weighted by Crippen LogP contribution is -2.51. The van der Waals surface area contributed by atoms with Gasteiger partial charge in [-0.25, -0.2) is 0 Å². The Hall–Kier alpha value is -3.72. The summed E-state index contributed by atoms with van der Waals surface area (Å²) in [6, 6.07) is 20.2. The molecule has 0 saturated carbocycles. The first-order valence-corrected chi connectivity index (χ1v) is 14.2.